The first-order valence-electron chi connectivity index (χ1n) is 5.76. The lowest BCUT2D eigenvalue weighted by atomic mass is 10.2. The minimum absolute atomic E-state index is 0.257. The molecule has 6 heteroatoms. The first-order chi connectivity index (χ1) is 8.63. The van der Waals surface area contributed by atoms with Gasteiger partial charge >= 0.3 is 0 Å². The highest BCUT2D eigenvalue weighted by molar-refractivity contribution is 7.80. The molecule has 2 N–H and O–H groups in total. The third-order valence-electron chi connectivity index (χ3n) is 2.63. The quantitative estimate of drug-likeness (QED) is 0.838. The Morgan fingerprint density at radius 2 is 2.06 bits per heavy atom. The van der Waals surface area contributed by atoms with Gasteiger partial charge in [0, 0.05) is 28.9 Å². The van der Waals surface area contributed by atoms with Crippen LogP contribution in [-0.2, 0) is 4.74 Å². The summed E-state index contributed by atoms with van der Waals surface area (Å²) in [5, 5.41) is 7.86. The van der Waals surface area contributed by atoms with Crippen LogP contribution in [0.2, 0.25) is 10.0 Å². The number of thiocarbonyl (C=S) groups is 1. The number of nitrogens with one attached hydrogen (secondary N) is 2. The molecule has 1 aromatic rings. The van der Waals surface area contributed by atoms with Gasteiger partial charge in [0.15, 0.2) is 5.11 Å². The Kier molecular flexibility index (Phi) is 5.06. The normalized spacial score (nSPS) is 18.7. The van der Waals surface area contributed by atoms with Crippen molar-refractivity contribution in [3.8, 4) is 0 Å². The maximum atomic E-state index is 5.91. The van der Waals surface area contributed by atoms with E-state index in [2.05, 4.69) is 10.6 Å². The van der Waals surface area contributed by atoms with Crippen LogP contribution in [0.1, 0.15) is 12.8 Å². The molecule has 1 aromatic carbocycles. The summed E-state index contributed by atoms with van der Waals surface area (Å²) in [6.45, 7) is 1.57. The SMILES string of the molecule is S=C(NCC1CCCO1)Nc1cc(Cl)cc(Cl)c1. The van der Waals surface area contributed by atoms with Gasteiger partial charge < -0.3 is 15.4 Å². The molecule has 1 aliphatic heterocycles. The van der Waals surface area contributed by atoms with Gasteiger partial charge in [-0.1, -0.05) is 23.2 Å². The summed E-state index contributed by atoms with van der Waals surface area (Å²) < 4.78 is 5.50. The average Bonchev–Trinajstić information content (AvgIpc) is 2.77. The van der Waals surface area contributed by atoms with E-state index in [9.17, 15) is 0 Å². The predicted molar refractivity (Wildman–Crippen MR) is 79.7 cm³/mol. The molecular weight excluding hydrogens is 291 g/mol. The van der Waals surface area contributed by atoms with Gasteiger partial charge in [0.2, 0.25) is 0 Å². The smallest absolute Gasteiger partial charge is 0.170 e. The molecule has 1 saturated heterocycles. The van der Waals surface area contributed by atoms with Gasteiger partial charge in [-0.05, 0) is 43.3 Å². The van der Waals surface area contributed by atoms with E-state index in [4.69, 9.17) is 40.2 Å². The molecule has 18 heavy (non-hydrogen) atoms. The molecule has 0 aliphatic carbocycles. The maximum absolute atomic E-state index is 5.91. The van der Waals surface area contributed by atoms with E-state index in [1.807, 2.05) is 0 Å². The molecule has 1 atom stereocenters. The number of rotatable bonds is 3. The van der Waals surface area contributed by atoms with Gasteiger partial charge in [0.05, 0.1) is 6.10 Å². The Morgan fingerprint density at radius 3 is 2.67 bits per heavy atom. The van der Waals surface area contributed by atoms with Crippen molar-refractivity contribution in [1.29, 1.82) is 0 Å². The average molecular weight is 305 g/mol. The van der Waals surface area contributed by atoms with Crippen LogP contribution in [0.5, 0.6) is 0 Å². The molecule has 0 radical (unpaired) electrons. The fraction of sp³-hybridized carbons (Fsp3) is 0.417. The van der Waals surface area contributed by atoms with E-state index in [0.29, 0.717) is 15.2 Å². The highest BCUT2D eigenvalue weighted by Gasteiger charge is 2.15. The second-order valence-corrected chi connectivity index (χ2v) is 5.41. The highest BCUT2D eigenvalue weighted by atomic mass is 35.5. The molecule has 2 rings (SSSR count). The molecule has 0 amide bonds. The molecule has 1 fully saturated rings. The first-order valence-corrected chi connectivity index (χ1v) is 6.92. The number of halogens is 2. The lowest BCUT2D eigenvalue weighted by Gasteiger charge is -2.14. The summed E-state index contributed by atoms with van der Waals surface area (Å²) in [5.41, 5.74) is 0.775. The number of anilines is 1. The summed E-state index contributed by atoms with van der Waals surface area (Å²) in [7, 11) is 0. The topological polar surface area (TPSA) is 33.3 Å². The van der Waals surface area contributed by atoms with E-state index in [-0.39, 0.29) is 6.10 Å². The molecule has 0 bridgehead atoms. The van der Waals surface area contributed by atoms with Gasteiger partial charge in [-0.2, -0.15) is 0 Å². The molecule has 0 aromatic heterocycles. The van der Waals surface area contributed by atoms with Crippen LogP contribution in [0.15, 0.2) is 18.2 Å². The second-order valence-electron chi connectivity index (χ2n) is 4.13. The summed E-state index contributed by atoms with van der Waals surface area (Å²) in [6, 6.07) is 5.22. The number of benzene rings is 1. The molecule has 1 heterocycles. The minimum atomic E-state index is 0.257. The summed E-state index contributed by atoms with van der Waals surface area (Å²) in [4.78, 5) is 0. The van der Waals surface area contributed by atoms with Crippen molar-refractivity contribution in [2.24, 2.45) is 0 Å². The number of hydrogen-bond donors (Lipinski definition) is 2. The van der Waals surface area contributed by atoms with Gasteiger partial charge in [0.25, 0.3) is 0 Å². The van der Waals surface area contributed by atoms with Crippen molar-refractivity contribution >= 4 is 46.2 Å². The monoisotopic (exact) mass is 304 g/mol. The third kappa shape index (κ3) is 4.28. The van der Waals surface area contributed by atoms with Gasteiger partial charge in [-0.15, -0.1) is 0 Å². The van der Waals surface area contributed by atoms with E-state index in [1.54, 1.807) is 18.2 Å². The van der Waals surface area contributed by atoms with Crippen molar-refractivity contribution in [3.05, 3.63) is 28.2 Å². The standard InChI is InChI=1S/C12H14Cl2N2OS/c13-8-4-9(14)6-10(5-8)16-12(18)15-7-11-2-1-3-17-11/h4-6,11H,1-3,7H2,(H2,15,16,18). The molecule has 98 valence electrons. The van der Waals surface area contributed by atoms with Crippen molar-refractivity contribution < 1.29 is 4.74 Å². The first kappa shape index (κ1) is 13.9. The van der Waals surface area contributed by atoms with Gasteiger partial charge in [-0.25, -0.2) is 0 Å². The summed E-state index contributed by atoms with van der Waals surface area (Å²) in [5.74, 6) is 0. The Morgan fingerprint density at radius 1 is 1.33 bits per heavy atom. The Bertz CT molecular complexity index is 416. The molecule has 1 aliphatic rings. The van der Waals surface area contributed by atoms with Gasteiger partial charge in [0.1, 0.15) is 0 Å². The number of ether oxygens (including phenoxy) is 1. The van der Waals surface area contributed by atoms with Crippen LogP contribution < -0.4 is 10.6 Å². The van der Waals surface area contributed by atoms with E-state index < -0.39 is 0 Å². The van der Waals surface area contributed by atoms with Crippen LogP contribution in [0.3, 0.4) is 0 Å². The van der Waals surface area contributed by atoms with Gasteiger partial charge in [-0.3, -0.25) is 0 Å². The lowest BCUT2D eigenvalue weighted by molar-refractivity contribution is 0.114. The van der Waals surface area contributed by atoms with Crippen molar-refractivity contribution in [3.63, 3.8) is 0 Å². The molecule has 3 nitrogen and oxygen atoms in total. The van der Waals surface area contributed by atoms with Crippen LogP contribution in [-0.4, -0.2) is 24.4 Å². The zero-order chi connectivity index (χ0) is 13.0. The van der Waals surface area contributed by atoms with E-state index in [0.717, 1.165) is 31.7 Å². The molecule has 1 unspecified atom stereocenters. The molecular formula is C12H14Cl2N2OS. The largest absolute Gasteiger partial charge is 0.376 e. The van der Waals surface area contributed by atoms with E-state index >= 15 is 0 Å². The third-order valence-corrected chi connectivity index (χ3v) is 3.32. The Hall–Kier alpha value is -0.550. The predicted octanol–water partition coefficient (Wildman–Crippen LogP) is 3.46. The Balaban J connectivity index is 1.82. The molecule has 0 spiro atoms. The summed E-state index contributed by atoms with van der Waals surface area (Å²) in [6.07, 6.45) is 2.46. The second kappa shape index (κ2) is 6.57. The van der Waals surface area contributed by atoms with E-state index in [1.165, 1.54) is 0 Å². The van der Waals surface area contributed by atoms with Crippen LogP contribution >= 0.6 is 35.4 Å². The highest BCUT2D eigenvalue weighted by Crippen LogP contribution is 2.22. The van der Waals surface area contributed by atoms with Crippen LogP contribution in [0, 0.1) is 0 Å². The zero-order valence-corrected chi connectivity index (χ0v) is 12.0. The van der Waals surface area contributed by atoms with Crippen molar-refractivity contribution in [1.82, 2.24) is 5.32 Å². The van der Waals surface area contributed by atoms with Crippen LogP contribution in [0.4, 0.5) is 5.69 Å². The van der Waals surface area contributed by atoms with Crippen LogP contribution in [0.25, 0.3) is 0 Å². The van der Waals surface area contributed by atoms with Crippen molar-refractivity contribution in [2.45, 2.75) is 18.9 Å². The fourth-order valence-electron chi connectivity index (χ4n) is 1.81. The Labute approximate surface area is 122 Å². The minimum Gasteiger partial charge on any atom is -0.376 e. The zero-order valence-electron chi connectivity index (χ0n) is 9.71. The lowest BCUT2D eigenvalue weighted by Crippen LogP contribution is -2.34. The maximum Gasteiger partial charge on any atom is 0.170 e. The molecule has 0 saturated carbocycles. The fourth-order valence-corrected chi connectivity index (χ4v) is 2.54. The number of hydrogen-bond acceptors (Lipinski definition) is 2. The summed E-state index contributed by atoms with van der Waals surface area (Å²) >= 11 is 17.0. The van der Waals surface area contributed by atoms with Crippen molar-refractivity contribution in [2.75, 3.05) is 18.5 Å².